The van der Waals surface area contributed by atoms with Gasteiger partial charge in [-0.15, -0.1) is 0 Å². The molecule has 0 aliphatic heterocycles. The second kappa shape index (κ2) is 5.16. The number of carbonyl (C=O) groups excluding carboxylic acids is 1. The molecule has 0 aromatic carbocycles. The van der Waals surface area contributed by atoms with Gasteiger partial charge < -0.3 is 15.5 Å². The van der Waals surface area contributed by atoms with Crippen LogP contribution >= 0.6 is 0 Å². The zero-order valence-electron chi connectivity index (χ0n) is 8.02. The highest BCUT2D eigenvalue weighted by Crippen LogP contribution is 2.13. The Hall–Kier alpha value is -0.553. The van der Waals surface area contributed by atoms with Crippen LogP contribution in [0, 0.1) is 0 Å². The van der Waals surface area contributed by atoms with Crippen molar-refractivity contribution in [1.82, 2.24) is 5.32 Å². The lowest BCUT2D eigenvalue weighted by Crippen LogP contribution is -2.31. The van der Waals surface area contributed by atoms with Crippen molar-refractivity contribution in [3.05, 3.63) is 0 Å². The average molecular weight is 190 g/mol. The molecule has 0 saturated heterocycles. The number of hydrogen-bond acceptors (Lipinski definition) is 2. The van der Waals surface area contributed by atoms with Gasteiger partial charge in [-0.25, -0.2) is 4.79 Å². The van der Waals surface area contributed by atoms with Crippen LogP contribution in [0.2, 0.25) is 0 Å². The van der Waals surface area contributed by atoms with Crippen LogP contribution in [0.1, 0.15) is 26.7 Å². The lowest BCUT2D eigenvalue weighted by atomic mass is 10.0. The molecule has 0 unspecified atom stereocenters. The van der Waals surface area contributed by atoms with Crippen molar-refractivity contribution in [2.24, 2.45) is 5.73 Å². The van der Waals surface area contributed by atoms with Crippen molar-refractivity contribution < 1.29 is 9.22 Å². The van der Waals surface area contributed by atoms with Gasteiger partial charge in [0.2, 0.25) is 0 Å². The number of nitrogens with two attached hydrogens (primary N) is 1. The summed E-state index contributed by atoms with van der Waals surface area (Å²) < 4.78 is 5.34. The molecule has 3 N–H and O–H groups in total. The highest BCUT2D eigenvalue weighted by Gasteiger charge is 2.14. The number of nitrogens with one attached hydrogen (secondary N) is 1. The quantitative estimate of drug-likeness (QED) is 0.454. The molecule has 2 amide bonds. The van der Waals surface area contributed by atoms with Crippen LogP contribution in [-0.4, -0.2) is 28.7 Å². The normalized spacial score (nSPS) is 11.5. The van der Waals surface area contributed by atoms with Gasteiger partial charge in [-0.1, -0.05) is 0 Å². The molecule has 0 aliphatic carbocycles. The topological polar surface area (TPSA) is 64.3 Å². The predicted molar refractivity (Wildman–Crippen MR) is 51.9 cm³/mol. The fourth-order valence-corrected chi connectivity index (χ4v) is 1.03. The van der Waals surface area contributed by atoms with Crippen molar-refractivity contribution in [3.63, 3.8) is 0 Å². The largest absolute Gasteiger partial charge is 0.423 e. The highest BCUT2D eigenvalue weighted by molar-refractivity contribution is 5.98. The fraction of sp³-hybridized carbons (Fsp3) is 0.857. The van der Waals surface area contributed by atoms with E-state index in [-0.39, 0.29) is 5.60 Å². The maximum absolute atomic E-state index is 10.3. The number of rotatable bonds is 5. The molecule has 0 aromatic rings. The van der Waals surface area contributed by atoms with Crippen LogP contribution in [0.4, 0.5) is 4.79 Å². The molecule has 0 aromatic heterocycles. The average Bonchev–Trinajstić information content (AvgIpc) is 1.98. The summed E-state index contributed by atoms with van der Waals surface area (Å²) in [5.74, 6) is 0. The van der Waals surface area contributed by atoms with Gasteiger partial charge in [0.1, 0.15) is 10.5 Å². The molecular formula is C7H18N2O2Si. The van der Waals surface area contributed by atoms with E-state index < -0.39 is 6.03 Å². The third kappa shape index (κ3) is 6.18. The molecule has 0 spiro atoms. The third-order valence-corrected chi connectivity index (χ3v) is 2.91. The SMILES string of the molecule is CC(C)(CCCNC(N)=O)O[SiH3]. The van der Waals surface area contributed by atoms with Crippen molar-refractivity contribution >= 4 is 16.5 Å². The zero-order valence-corrected chi connectivity index (χ0v) is 10.0. The van der Waals surface area contributed by atoms with Crippen LogP contribution in [0.15, 0.2) is 0 Å². The maximum atomic E-state index is 10.3. The van der Waals surface area contributed by atoms with Gasteiger partial charge in [0.15, 0.2) is 0 Å². The molecule has 5 heteroatoms. The van der Waals surface area contributed by atoms with Crippen LogP contribution in [0.5, 0.6) is 0 Å². The summed E-state index contributed by atoms with van der Waals surface area (Å²) in [6, 6.07) is -0.459. The summed E-state index contributed by atoms with van der Waals surface area (Å²) in [4.78, 5) is 10.3. The molecule has 72 valence electrons. The summed E-state index contributed by atoms with van der Waals surface area (Å²) in [6.45, 7) is 4.72. The molecule has 4 nitrogen and oxygen atoms in total. The van der Waals surface area contributed by atoms with Crippen molar-refractivity contribution in [2.75, 3.05) is 6.54 Å². The second-order valence-electron chi connectivity index (χ2n) is 3.36. The molecular weight excluding hydrogens is 172 g/mol. The lowest BCUT2D eigenvalue weighted by molar-refractivity contribution is 0.110. The molecule has 0 bridgehead atoms. The summed E-state index contributed by atoms with van der Waals surface area (Å²) in [7, 11) is 0.750. The number of hydrogen-bond donors (Lipinski definition) is 2. The molecule has 0 heterocycles. The summed E-state index contributed by atoms with van der Waals surface area (Å²) >= 11 is 0. The minimum atomic E-state index is -0.459. The van der Waals surface area contributed by atoms with Gasteiger partial charge in [-0.2, -0.15) is 0 Å². The van der Waals surface area contributed by atoms with Crippen molar-refractivity contribution in [1.29, 1.82) is 0 Å². The van der Waals surface area contributed by atoms with E-state index in [2.05, 4.69) is 5.32 Å². The first-order valence-electron chi connectivity index (χ1n) is 4.06. The smallest absolute Gasteiger partial charge is 0.312 e. The fourth-order valence-electron chi connectivity index (χ4n) is 0.828. The minimum Gasteiger partial charge on any atom is -0.423 e. The van der Waals surface area contributed by atoms with E-state index in [0.29, 0.717) is 6.54 Å². The van der Waals surface area contributed by atoms with Gasteiger partial charge in [-0.3, -0.25) is 0 Å². The van der Waals surface area contributed by atoms with Crippen LogP contribution in [-0.2, 0) is 4.43 Å². The van der Waals surface area contributed by atoms with Crippen LogP contribution in [0.25, 0.3) is 0 Å². The maximum Gasteiger partial charge on any atom is 0.312 e. The summed E-state index contributed by atoms with van der Waals surface area (Å²) in [5.41, 5.74) is 4.85. The van der Waals surface area contributed by atoms with E-state index >= 15 is 0 Å². The van der Waals surface area contributed by atoms with Gasteiger partial charge in [-0.05, 0) is 26.7 Å². The van der Waals surface area contributed by atoms with Crippen LogP contribution in [0.3, 0.4) is 0 Å². The molecule has 0 fully saturated rings. The Morgan fingerprint density at radius 2 is 2.25 bits per heavy atom. The summed E-state index contributed by atoms with van der Waals surface area (Å²) in [5, 5.41) is 2.54. The highest BCUT2D eigenvalue weighted by atomic mass is 28.2. The monoisotopic (exact) mass is 190 g/mol. The van der Waals surface area contributed by atoms with Crippen molar-refractivity contribution in [2.45, 2.75) is 32.3 Å². The van der Waals surface area contributed by atoms with E-state index in [1.807, 2.05) is 13.8 Å². The molecule has 0 radical (unpaired) electrons. The second-order valence-corrected chi connectivity index (χ2v) is 3.77. The Morgan fingerprint density at radius 3 is 2.67 bits per heavy atom. The predicted octanol–water partition coefficient (Wildman–Crippen LogP) is -0.489. The Balaban J connectivity index is 3.37. The van der Waals surface area contributed by atoms with Gasteiger partial charge in [0.25, 0.3) is 0 Å². The standard InChI is InChI=1S/C7H18N2O2Si/c1-7(2,11-12)4-3-5-9-6(8)10/h3-5H2,1-2,12H3,(H3,8,9,10). The number of primary amides is 1. The van der Waals surface area contributed by atoms with Crippen LogP contribution < -0.4 is 11.1 Å². The Labute approximate surface area is 76.4 Å². The van der Waals surface area contributed by atoms with Gasteiger partial charge in [0.05, 0.1) is 0 Å². The van der Waals surface area contributed by atoms with E-state index in [9.17, 15) is 4.79 Å². The van der Waals surface area contributed by atoms with E-state index in [4.69, 9.17) is 10.2 Å². The summed E-state index contributed by atoms with van der Waals surface area (Å²) in [6.07, 6.45) is 1.84. The lowest BCUT2D eigenvalue weighted by Gasteiger charge is -2.23. The van der Waals surface area contributed by atoms with Crippen molar-refractivity contribution in [3.8, 4) is 0 Å². The Kier molecular flexibility index (Phi) is 4.92. The molecule has 0 saturated carbocycles. The first-order chi connectivity index (χ1) is 5.48. The zero-order chi connectivity index (χ0) is 9.61. The number of urea groups is 1. The molecule has 0 rings (SSSR count). The van der Waals surface area contributed by atoms with E-state index in [1.54, 1.807) is 0 Å². The molecule has 0 atom stereocenters. The third-order valence-electron chi connectivity index (χ3n) is 1.81. The van der Waals surface area contributed by atoms with Gasteiger partial charge >= 0.3 is 6.03 Å². The minimum absolute atomic E-state index is 0.0501. The Bertz CT molecular complexity index is 150. The van der Waals surface area contributed by atoms with E-state index in [1.165, 1.54) is 0 Å². The van der Waals surface area contributed by atoms with Gasteiger partial charge in [0, 0.05) is 12.1 Å². The number of amides is 2. The molecule has 0 aliphatic rings. The first-order valence-corrected chi connectivity index (χ1v) is 4.88. The molecule has 12 heavy (non-hydrogen) atoms. The number of carbonyl (C=O) groups is 1. The van der Waals surface area contributed by atoms with E-state index in [0.717, 1.165) is 23.3 Å². The first kappa shape index (κ1) is 11.4. The Morgan fingerprint density at radius 1 is 1.67 bits per heavy atom.